The minimum absolute atomic E-state index is 0.0362. The van der Waals surface area contributed by atoms with E-state index in [1.807, 2.05) is 0 Å². The van der Waals surface area contributed by atoms with Gasteiger partial charge in [-0.05, 0) is 37.7 Å². The molecule has 0 radical (unpaired) electrons. The van der Waals surface area contributed by atoms with Crippen molar-refractivity contribution in [2.45, 2.75) is 87.6 Å². The van der Waals surface area contributed by atoms with Crippen molar-refractivity contribution in [3.8, 4) is 0 Å². The molecule has 5 atom stereocenters. The van der Waals surface area contributed by atoms with Crippen LogP contribution >= 0.6 is 0 Å². The summed E-state index contributed by atoms with van der Waals surface area (Å²) in [7, 11) is 0. The Bertz CT molecular complexity index is 1600. The van der Waals surface area contributed by atoms with Crippen LogP contribution in [0.3, 0.4) is 0 Å². The monoisotopic (exact) mass is 777 g/mol. The summed E-state index contributed by atoms with van der Waals surface area (Å²) in [6.45, 7) is -0.749. The molecule has 22 nitrogen and oxygen atoms in total. The molecule has 22 heteroatoms. The van der Waals surface area contributed by atoms with Gasteiger partial charge in [-0.1, -0.05) is 30.3 Å². The zero-order valence-corrected chi connectivity index (χ0v) is 29.7. The smallest absolute Gasteiger partial charge is 0.336 e. The molecule has 1 heterocycles. The van der Waals surface area contributed by atoms with Crippen LogP contribution in [0.25, 0.3) is 0 Å². The Hall–Kier alpha value is -6.32. The topological polar surface area (TPSA) is 371 Å². The number of aliphatic carboxylic acids is 3. The molecule has 55 heavy (non-hydrogen) atoms. The van der Waals surface area contributed by atoms with E-state index in [4.69, 9.17) is 16.6 Å². The van der Waals surface area contributed by atoms with Crippen LogP contribution in [0.5, 0.6) is 0 Å². The van der Waals surface area contributed by atoms with Crippen molar-refractivity contribution < 1.29 is 63.6 Å². The number of carboxylic acids is 3. The second-order valence-electron chi connectivity index (χ2n) is 12.7. The van der Waals surface area contributed by atoms with Gasteiger partial charge in [0.2, 0.25) is 35.4 Å². The predicted octanol–water partition coefficient (Wildman–Crippen LogP) is -4.21. The number of carbonyl (C=O) groups is 9. The molecular formula is C33H47N9O13. The number of rotatable bonds is 18. The summed E-state index contributed by atoms with van der Waals surface area (Å²) in [4.78, 5) is 117. The average molecular weight is 778 g/mol. The molecule has 1 aliphatic heterocycles. The lowest BCUT2D eigenvalue weighted by atomic mass is 9.95. The first-order chi connectivity index (χ1) is 25.9. The molecule has 0 saturated carbocycles. The summed E-state index contributed by atoms with van der Waals surface area (Å²) < 4.78 is 0. The van der Waals surface area contributed by atoms with Gasteiger partial charge < -0.3 is 63.8 Å². The first-order valence-corrected chi connectivity index (χ1v) is 17.1. The Morgan fingerprint density at radius 1 is 0.745 bits per heavy atom. The van der Waals surface area contributed by atoms with Gasteiger partial charge in [-0.2, -0.15) is 0 Å². The second-order valence-corrected chi connectivity index (χ2v) is 12.7. The maximum absolute atomic E-state index is 13.8. The predicted molar refractivity (Wildman–Crippen MR) is 189 cm³/mol. The lowest BCUT2D eigenvalue weighted by molar-refractivity contribution is -0.167. The molecule has 0 spiro atoms. The summed E-state index contributed by atoms with van der Waals surface area (Å²) in [5, 5.41) is 52.2. The number of aliphatic imine (C=N–C) groups is 1. The normalized spacial score (nSPS) is 20.7. The van der Waals surface area contributed by atoms with E-state index in [9.17, 15) is 58.5 Å². The fourth-order valence-electron chi connectivity index (χ4n) is 5.33. The van der Waals surface area contributed by atoms with Gasteiger partial charge in [0.15, 0.2) is 11.6 Å². The lowest BCUT2D eigenvalue weighted by Gasteiger charge is -2.26. The van der Waals surface area contributed by atoms with Crippen molar-refractivity contribution in [1.29, 1.82) is 0 Å². The molecule has 1 saturated heterocycles. The molecule has 1 aliphatic rings. The molecule has 0 bridgehead atoms. The Morgan fingerprint density at radius 2 is 1.33 bits per heavy atom. The SMILES string of the molecule is NC(N)=NCCC[C@H]1NC(=O)[C@@H](CCCCNC(=O)CC(O)(CC(=O)O)C(=O)O)NC(=O)[C@H](Cc2ccccc2)NC(=O)[C@@H](CC(=O)O)NC(=O)CNC1=O. The lowest BCUT2D eigenvalue weighted by Crippen LogP contribution is -2.58. The molecule has 1 aromatic carbocycles. The molecular weight excluding hydrogens is 730 g/mol. The van der Waals surface area contributed by atoms with Crippen LogP contribution in [0.2, 0.25) is 0 Å². The highest BCUT2D eigenvalue weighted by Gasteiger charge is 2.41. The third kappa shape index (κ3) is 16.5. The van der Waals surface area contributed by atoms with Gasteiger partial charge in [0.25, 0.3) is 0 Å². The van der Waals surface area contributed by atoms with E-state index in [0.29, 0.717) is 5.56 Å². The van der Waals surface area contributed by atoms with Gasteiger partial charge in [-0.15, -0.1) is 0 Å². The van der Waals surface area contributed by atoms with Gasteiger partial charge >= 0.3 is 17.9 Å². The summed E-state index contributed by atoms with van der Waals surface area (Å²) in [6, 6.07) is 2.69. The molecule has 1 fully saturated rings. The van der Waals surface area contributed by atoms with E-state index in [1.54, 1.807) is 30.3 Å². The number of amides is 6. The van der Waals surface area contributed by atoms with Crippen LogP contribution in [0, 0.1) is 0 Å². The Labute approximate surface area is 314 Å². The van der Waals surface area contributed by atoms with Gasteiger partial charge in [0.05, 0.1) is 25.8 Å². The molecule has 0 aliphatic carbocycles. The van der Waals surface area contributed by atoms with E-state index < -0.39 is 109 Å². The summed E-state index contributed by atoms with van der Waals surface area (Å²) in [5.41, 5.74) is 8.45. The van der Waals surface area contributed by atoms with Gasteiger partial charge in [0.1, 0.15) is 24.2 Å². The number of hydrogen-bond donors (Lipinski definition) is 12. The molecule has 6 amide bonds. The van der Waals surface area contributed by atoms with Crippen LogP contribution in [0.4, 0.5) is 0 Å². The average Bonchev–Trinajstić information content (AvgIpc) is 3.09. The Kier molecular flexibility index (Phi) is 18.0. The highest BCUT2D eigenvalue weighted by molar-refractivity contribution is 5.98. The first-order valence-electron chi connectivity index (χ1n) is 17.1. The quantitative estimate of drug-likeness (QED) is 0.0382. The van der Waals surface area contributed by atoms with Crippen LogP contribution in [-0.2, 0) is 49.6 Å². The highest BCUT2D eigenvalue weighted by Crippen LogP contribution is 2.16. The maximum atomic E-state index is 13.8. The molecule has 1 unspecified atom stereocenters. The number of nitrogens with two attached hydrogens (primary N) is 2. The summed E-state index contributed by atoms with van der Waals surface area (Å²) >= 11 is 0. The van der Waals surface area contributed by atoms with Crippen LogP contribution < -0.4 is 43.4 Å². The van der Waals surface area contributed by atoms with E-state index in [2.05, 4.69) is 36.9 Å². The van der Waals surface area contributed by atoms with Crippen LogP contribution in [-0.4, -0.2) is 129 Å². The van der Waals surface area contributed by atoms with Crippen LogP contribution in [0.15, 0.2) is 35.3 Å². The third-order valence-corrected chi connectivity index (χ3v) is 8.12. The van der Waals surface area contributed by atoms with E-state index >= 15 is 0 Å². The van der Waals surface area contributed by atoms with Crippen molar-refractivity contribution in [3.05, 3.63) is 35.9 Å². The number of benzene rings is 1. The van der Waals surface area contributed by atoms with Crippen LogP contribution in [0.1, 0.15) is 56.9 Å². The minimum Gasteiger partial charge on any atom is -0.481 e. The summed E-state index contributed by atoms with van der Waals surface area (Å²) in [6.07, 6.45) is -2.98. The highest BCUT2D eigenvalue weighted by atomic mass is 16.4. The number of nitrogens with one attached hydrogen (secondary N) is 6. The second kappa shape index (κ2) is 22.0. The summed E-state index contributed by atoms with van der Waals surface area (Å²) in [5.74, 6) is -10.7. The van der Waals surface area contributed by atoms with E-state index in [-0.39, 0.29) is 57.6 Å². The van der Waals surface area contributed by atoms with Crippen molar-refractivity contribution >= 4 is 59.3 Å². The standard InChI is InChI=1S/C33H47N9O13/c34-32(35)37-12-6-10-19-27(49)38-17-24(44)39-22(14-25(45)46)30(52)42-21(13-18-7-2-1-3-8-18)29(51)41-20(28(50)40-19)9-4-5-11-36-23(43)15-33(55,31(53)54)16-26(47)48/h1-3,7-8,19-22,55H,4-6,9-17H2,(H,36,43)(H,38,49)(H,39,44)(H,40,50)(H,41,51)(H,42,52)(H,45,46)(H,47,48)(H,53,54)(H4,34,35,37)/t19-,20-,21+,22-,33?/m1/s1. The fourth-order valence-corrected chi connectivity index (χ4v) is 5.33. The number of guanidine groups is 1. The van der Waals surface area contributed by atoms with Crippen molar-refractivity contribution in [2.24, 2.45) is 16.5 Å². The van der Waals surface area contributed by atoms with Crippen molar-refractivity contribution in [1.82, 2.24) is 31.9 Å². The molecule has 14 N–H and O–H groups in total. The first kappa shape index (κ1) is 44.8. The number of nitrogens with zero attached hydrogens (tertiary/aromatic N) is 1. The van der Waals surface area contributed by atoms with E-state index in [1.165, 1.54) is 0 Å². The van der Waals surface area contributed by atoms with Gasteiger partial charge in [0, 0.05) is 19.5 Å². The van der Waals surface area contributed by atoms with Crippen molar-refractivity contribution in [3.63, 3.8) is 0 Å². The number of carboxylic acid groups (broad SMARTS) is 3. The molecule has 2 rings (SSSR count). The number of carbonyl (C=O) groups excluding carboxylic acids is 6. The van der Waals surface area contributed by atoms with Crippen molar-refractivity contribution in [2.75, 3.05) is 19.6 Å². The maximum Gasteiger partial charge on any atom is 0.336 e. The molecule has 1 aromatic rings. The largest absolute Gasteiger partial charge is 0.481 e. The molecule has 302 valence electrons. The third-order valence-electron chi connectivity index (χ3n) is 8.12. The Morgan fingerprint density at radius 3 is 1.93 bits per heavy atom. The number of unbranched alkanes of at least 4 members (excludes halogenated alkanes) is 1. The van der Waals surface area contributed by atoms with Gasteiger partial charge in [-0.25, -0.2) is 4.79 Å². The Balaban J connectivity index is 2.37. The molecule has 0 aromatic heterocycles. The van der Waals surface area contributed by atoms with Gasteiger partial charge in [-0.3, -0.25) is 43.3 Å². The number of aliphatic hydroxyl groups is 1. The zero-order chi connectivity index (χ0) is 41.1. The zero-order valence-electron chi connectivity index (χ0n) is 29.7. The minimum atomic E-state index is -2.85. The van der Waals surface area contributed by atoms with E-state index in [0.717, 1.165) is 0 Å². The number of hydrogen-bond acceptors (Lipinski definition) is 11. The fraction of sp³-hybridized carbons (Fsp3) is 0.515.